The molecule has 2 aliphatic rings. The zero-order valence-corrected chi connectivity index (χ0v) is 9.08. The highest BCUT2D eigenvalue weighted by atomic mass is 16.7. The van der Waals surface area contributed by atoms with E-state index >= 15 is 0 Å². The summed E-state index contributed by atoms with van der Waals surface area (Å²) >= 11 is 0. The Bertz CT molecular complexity index is 335. The van der Waals surface area contributed by atoms with Crippen molar-refractivity contribution in [2.45, 2.75) is 38.4 Å². The number of allylic oxidation sites excluding steroid dienone is 2. The zero-order chi connectivity index (χ0) is 10.6. The van der Waals surface area contributed by atoms with Gasteiger partial charge in [-0.05, 0) is 25.0 Å². The fraction of sp³-hybridized carbons (Fsp3) is 0.538. The second-order valence-electron chi connectivity index (χ2n) is 3.82. The van der Waals surface area contributed by atoms with Crippen LogP contribution in [-0.4, -0.2) is 12.4 Å². The van der Waals surface area contributed by atoms with Gasteiger partial charge in [0, 0.05) is 18.9 Å². The molecule has 0 aliphatic carbocycles. The van der Waals surface area contributed by atoms with Gasteiger partial charge in [-0.25, -0.2) is 0 Å². The Balaban J connectivity index is 1.94. The van der Waals surface area contributed by atoms with Crippen LogP contribution >= 0.6 is 0 Å². The summed E-state index contributed by atoms with van der Waals surface area (Å²) in [6, 6.07) is 0. The Labute approximate surface area is 91.0 Å². The predicted molar refractivity (Wildman–Crippen MR) is 58.9 cm³/mol. The van der Waals surface area contributed by atoms with Gasteiger partial charge in [0.2, 0.25) is 5.79 Å². The first-order valence-corrected chi connectivity index (χ1v) is 5.55. The van der Waals surface area contributed by atoms with Crippen molar-refractivity contribution in [1.29, 1.82) is 0 Å². The van der Waals surface area contributed by atoms with Crippen LogP contribution in [0.3, 0.4) is 0 Å². The van der Waals surface area contributed by atoms with Crippen LogP contribution < -0.4 is 0 Å². The smallest absolute Gasteiger partial charge is 0.230 e. The molecule has 1 saturated heterocycles. The SMILES string of the molecule is CCCC#C/C=C1\C=CC2(CCCO2)O1. The molecule has 0 aromatic carbocycles. The van der Waals surface area contributed by atoms with Gasteiger partial charge in [0.1, 0.15) is 5.76 Å². The van der Waals surface area contributed by atoms with Crippen LogP contribution in [0.1, 0.15) is 32.6 Å². The van der Waals surface area contributed by atoms with Gasteiger partial charge in [0.05, 0.1) is 6.61 Å². The van der Waals surface area contributed by atoms with E-state index in [0.717, 1.165) is 38.0 Å². The van der Waals surface area contributed by atoms with E-state index in [-0.39, 0.29) is 0 Å². The van der Waals surface area contributed by atoms with E-state index in [4.69, 9.17) is 9.47 Å². The Morgan fingerprint density at radius 1 is 1.60 bits per heavy atom. The summed E-state index contributed by atoms with van der Waals surface area (Å²) in [6.45, 7) is 2.91. The second kappa shape index (κ2) is 4.55. The summed E-state index contributed by atoms with van der Waals surface area (Å²) in [5.41, 5.74) is 0. The normalized spacial score (nSPS) is 30.6. The molecule has 0 saturated carbocycles. The fourth-order valence-corrected chi connectivity index (χ4v) is 1.72. The van der Waals surface area contributed by atoms with Gasteiger partial charge in [0.15, 0.2) is 0 Å². The monoisotopic (exact) mass is 204 g/mol. The molecule has 0 radical (unpaired) electrons. The van der Waals surface area contributed by atoms with Gasteiger partial charge in [-0.2, -0.15) is 0 Å². The van der Waals surface area contributed by atoms with Crippen molar-refractivity contribution >= 4 is 0 Å². The molecule has 1 atom stereocenters. The quantitative estimate of drug-likeness (QED) is 0.611. The lowest BCUT2D eigenvalue weighted by Gasteiger charge is -2.20. The molecule has 2 nitrogen and oxygen atoms in total. The van der Waals surface area contributed by atoms with Gasteiger partial charge in [-0.1, -0.05) is 18.8 Å². The standard InChI is InChI=1S/C13H16O2/c1-2-3-4-5-7-12-8-10-13(15-12)9-6-11-14-13/h7-8,10H,2-3,6,9,11H2,1H3/b12-7+. The Kier molecular flexibility index (Phi) is 3.13. The average molecular weight is 204 g/mol. The molecule has 1 fully saturated rings. The maximum atomic E-state index is 5.72. The van der Waals surface area contributed by atoms with Crippen LogP contribution in [0.5, 0.6) is 0 Å². The second-order valence-corrected chi connectivity index (χ2v) is 3.82. The van der Waals surface area contributed by atoms with Crippen molar-refractivity contribution in [3.8, 4) is 11.8 Å². The van der Waals surface area contributed by atoms with Gasteiger partial charge in [0.25, 0.3) is 0 Å². The Hall–Kier alpha value is -1.20. The van der Waals surface area contributed by atoms with Crippen molar-refractivity contribution in [3.63, 3.8) is 0 Å². The van der Waals surface area contributed by atoms with E-state index in [1.54, 1.807) is 0 Å². The molecule has 0 bridgehead atoms. The summed E-state index contributed by atoms with van der Waals surface area (Å²) < 4.78 is 11.3. The molecule has 0 aromatic rings. The average Bonchev–Trinajstić information content (AvgIpc) is 2.85. The van der Waals surface area contributed by atoms with Crippen molar-refractivity contribution in [2.75, 3.05) is 6.61 Å². The largest absolute Gasteiger partial charge is 0.458 e. The third kappa shape index (κ3) is 2.43. The minimum atomic E-state index is -0.460. The van der Waals surface area contributed by atoms with E-state index in [1.165, 1.54) is 0 Å². The van der Waals surface area contributed by atoms with Gasteiger partial charge < -0.3 is 9.47 Å². The van der Waals surface area contributed by atoms with Crippen LogP contribution in [0, 0.1) is 11.8 Å². The summed E-state index contributed by atoms with van der Waals surface area (Å²) in [4.78, 5) is 0. The summed E-state index contributed by atoms with van der Waals surface area (Å²) in [6.07, 6.45) is 9.82. The summed E-state index contributed by atoms with van der Waals surface area (Å²) in [5, 5.41) is 0. The lowest BCUT2D eigenvalue weighted by molar-refractivity contribution is -0.135. The molecule has 1 unspecified atom stereocenters. The lowest BCUT2D eigenvalue weighted by Crippen LogP contribution is -2.24. The predicted octanol–water partition coefficient (Wildman–Crippen LogP) is 2.77. The summed E-state index contributed by atoms with van der Waals surface area (Å²) in [5.74, 6) is 6.41. The minimum Gasteiger partial charge on any atom is -0.458 e. The molecule has 0 aromatic heterocycles. The Morgan fingerprint density at radius 2 is 2.53 bits per heavy atom. The maximum absolute atomic E-state index is 5.72. The first kappa shape index (κ1) is 10.3. The van der Waals surface area contributed by atoms with Crippen molar-refractivity contribution in [1.82, 2.24) is 0 Å². The zero-order valence-electron chi connectivity index (χ0n) is 9.08. The topological polar surface area (TPSA) is 18.5 Å². The first-order chi connectivity index (χ1) is 7.35. The summed E-state index contributed by atoms with van der Waals surface area (Å²) in [7, 11) is 0. The van der Waals surface area contributed by atoms with Gasteiger partial charge >= 0.3 is 0 Å². The maximum Gasteiger partial charge on any atom is 0.230 e. The third-order valence-corrected chi connectivity index (χ3v) is 2.50. The van der Waals surface area contributed by atoms with E-state index in [1.807, 2.05) is 18.2 Å². The highest BCUT2D eigenvalue weighted by Crippen LogP contribution is 2.35. The van der Waals surface area contributed by atoms with Crippen LogP contribution in [0.4, 0.5) is 0 Å². The first-order valence-electron chi connectivity index (χ1n) is 5.55. The van der Waals surface area contributed by atoms with E-state index in [0.29, 0.717) is 0 Å². The molecule has 1 spiro atoms. The van der Waals surface area contributed by atoms with Crippen molar-refractivity contribution in [3.05, 3.63) is 24.0 Å². The number of hydrogen-bond acceptors (Lipinski definition) is 2. The number of rotatable bonds is 1. The molecule has 2 heterocycles. The van der Waals surface area contributed by atoms with Crippen molar-refractivity contribution < 1.29 is 9.47 Å². The number of ether oxygens (including phenoxy) is 2. The lowest BCUT2D eigenvalue weighted by atomic mass is 10.2. The van der Waals surface area contributed by atoms with Crippen LogP contribution in [0.2, 0.25) is 0 Å². The molecular weight excluding hydrogens is 188 g/mol. The molecule has 15 heavy (non-hydrogen) atoms. The molecular formula is C13H16O2. The molecule has 0 N–H and O–H groups in total. The molecule has 2 heteroatoms. The fourth-order valence-electron chi connectivity index (χ4n) is 1.72. The minimum absolute atomic E-state index is 0.460. The van der Waals surface area contributed by atoms with E-state index < -0.39 is 5.79 Å². The number of unbranched alkanes of at least 4 members (excludes halogenated alkanes) is 1. The van der Waals surface area contributed by atoms with E-state index in [2.05, 4.69) is 18.8 Å². The highest BCUT2D eigenvalue weighted by molar-refractivity contribution is 5.30. The van der Waals surface area contributed by atoms with Crippen LogP contribution in [-0.2, 0) is 9.47 Å². The van der Waals surface area contributed by atoms with Gasteiger partial charge in [-0.15, -0.1) is 0 Å². The van der Waals surface area contributed by atoms with Gasteiger partial charge in [-0.3, -0.25) is 0 Å². The van der Waals surface area contributed by atoms with Crippen molar-refractivity contribution in [2.24, 2.45) is 0 Å². The third-order valence-electron chi connectivity index (χ3n) is 2.50. The Morgan fingerprint density at radius 3 is 3.27 bits per heavy atom. The number of hydrogen-bond donors (Lipinski definition) is 0. The highest BCUT2D eigenvalue weighted by Gasteiger charge is 2.38. The molecule has 0 amide bonds. The van der Waals surface area contributed by atoms with Crippen LogP contribution in [0.15, 0.2) is 24.0 Å². The molecule has 2 rings (SSSR count). The molecule has 2 aliphatic heterocycles. The van der Waals surface area contributed by atoms with Crippen LogP contribution in [0.25, 0.3) is 0 Å². The molecule has 80 valence electrons. The van der Waals surface area contributed by atoms with E-state index in [9.17, 15) is 0 Å².